The van der Waals surface area contributed by atoms with Crippen LogP contribution in [0.1, 0.15) is 18.9 Å². The summed E-state index contributed by atoms with van der Waals surface area (Å²) in [7, 11) is 0. The first kappa shape index (κ1) is 17.3. The highest BCUT2D eigenvalue weighted by Crippen LogP contribution is 2.24. The first-order valence-corrected chi connectivity index (χ1v) is 8.25. The molecule has 1 aromatic heterocycles. The molecule has 8 heteroatoms. The van der Waals surface area contributed by atoms with Crippen molar-refractivity contribution < 1.29 is 0 Å². The summed E-state index contributed by atoms with van der Waals surface area (Å²) in [6.45, 7) is 3.35. The average Bonchev–Trinajstić information content (AvgIpc) is 2.80. The van der Waals surface area contributed by atoms with Crippen molar-refractivity contribution in [3.8, 4) is 0 Å². The predicted molar refractivity (Wildman–Crippen MR) is 97.3 cm³/mol. The average molecular weight is 378 g/mol. The maximum atomic E-state index is 6.17. The SMILES string of the molecule is CCCNC(=S)Nc1nn(Cc2ccc(Cl)cc2Cl)cc1Cl. The van der Waals surface area contributed by atoms with Crippen molar-refractivity contribution >= 4 is 58.0 Å². The molecule has 0 spiro atoms. The highest BCUT2D eigenvalue weighted by Gasteiger charge is 2.10. The molecular weight excluding hydrogens is 363 g/mol. The number of hydrogen-bond acceptors (Lipinski definition) is 2. The summed E-state index contributed by atoms with van der Waals surface area (Å²) in [6, 6.07) is 5.35. The van der Waals surface area contributed by atoms with E-state index in [1.165, 1.54) is 0 Å². The Hall–Kier alpha value is -1.01. The van der Waals surface area contributed by atoms with Crippen LogP contribution in [0.4, 0.5) is 5.82 Å². The first-order chi connectivity index (χ1) is 10.5. The fourth-order valence-electron chi connectivity index (χ4n) is 1.78. The Kier molecular flexibility index (Phi) is 6.32. The maximum Gasteiger partial charge on any atom is 0.173 e. The quantitative estimate of drug-likeness (QED) is 0.748. The predicted octanol–water partition coefficient (Wildman–Crippen LogP) is 4.59. The van der Waals surface area contributed by atoms with E-state index in [2.05, 4.69) is 22.7 Å². The molecule has 0 amide bonds. The molecule has 0 atom stereocenters. The molecule has 118 valence electrons. The van der Waals surface area contributed by atoms with Gasteiger partial charge in [0.05, 0.1) is 6.54 Å². The first-order valence-electron chi connectivity index (χ1n) is 6.71. The van der Waals surface area contributed by atoms with Gasteiger partial charge in [-0.2, -0.15) is 5.10 Å². The van der Waals surface area contributed by atoms with Crippen LogP contribution in [-0.2, 0) is 6.54 Å². The summed E-state index contributed by atoms with van der Waals surface area (Å²) in [6.07, 6.45) is 2.70. The van der Waals surface area contributed by atoms with E-state index in [9.17, 15) is 0 Å². The van der Waals surface area contributed by atoms with E-state index in [0.717, 1.165) is 18.5 Å². The molecule has 1 aromatic carbocycles. The molecule has 0 saturated heterocycles. The Morgan fingerprint density at radius 3 is 2.73 bits per heavy atom. The standard InChI is InChI=1S/C14H15Cl3N4S/c1-2-5-18-14(22)19-13-12(17)8-21(20-13)7-9-3-4-10(15)6-11(9)16/h3-4,6,8H,2,5,7H2,1H3,(H2,18,19,20,22). The Balaban J connectivity index is 2.07. The summed E-state index contributed by atoms with van der Waals surface area (Å²) < 4.78 is 1.70. The molecule has 0 saturated carbocycles. The summed E-state index contributed by atoms with van der Waals surface area (Å²) in [5, 5.41) is 12.6. The van der Waals surface area contributed by atoms with Gasteiger partial charge in [-0.25, -0.2) is 0 Å². The molecule has 0 unspecified atom stereocenters. The Labute approximate surface area is 149 Å². The number of nitrogens with one attached hydrogen (secondary N) is 2. The third-order valence-electron chi connectivity index (χ3n) is 2.83. The summed E-state index contributed by atoms with van der Waals surface area (Å²) in [4.78, 5) is 0. The molecule has 0 aliphatic heterocycles. The van der Waals surface area contributed by atoms with Crippen LogP contribution in [0, 0.1) is 0 Å². The van der Waals surface area contributed by atoms with Crippen molar-refractivity contribution in [1.29, 1.82) is 0 Å². The molecule has 2 rings (SSSR count). The van der Waals surface area contributed by atoms with E-state index < -0.39 is 0 Å². The summed E-state index contributed by atoms with van der Waals surface area (Å²) in [5.74, 6) is 0.514. The van der Waals surface area contributed by atoms with Crippen LogP contribution in [0.15, 0.2) is 24.4 Å². The molecule has 2 aromatic rings. The van der Waals surface area contributed by atoms with Crippen molar-refractivity contribution in [3.05, 3.63) is 45.0 Å². The van der Waals surface area contributed by atoms with Crippen LogP contribution >= 0.6 is 47.0 Å². The van der Waals surface area contributed by atoms with Crippen molar-refractivity contribution in [3.63, 3.8) is 0 Å². The van der Waals surface area contributed by atoms with Gasteiger partial charge in [-0.15, -0.1) is 0 Å². The lowest BCUT2D eigenvalue weighted by Gasteiger charge is -2.07. The van der Waals surface area contributed by atoms with Crippen LogP contribution in [0.25, 0.3) is 0 Å². The van der Waals surface area contributed by atoms with E-state index in [-0.39, 0.29) is 0 Å². The third-order valence-corrected chi connectivity index (χ3v) is 3.94. The minimum atomic E-state index is 0.491. The number of aromatic nitrogens is 2. The molecule has 0 fully saturated rings. The second-order valence-electron chi connectivity index (χ2n) is 4.64. The Morgan fingerprint density at radius 2 is 2.05 bits per heavy atom. The normalized spacial score (nSPS) is 10.5. The van der Waals surface area contributed by atoms with Crippen molar-refractivity contribution in [2.75, 3.05) is 11.9 Å². The van der Waals surface area contributed by atoms with Crippen molar-refractivity contribution in [2.24, 2.45) is 0 Å². The second kappa shape index (κ2) is 8.02. The number of anilines is 1. The van der Waals surface area contributed by atoms with E-state index in [1.807, 2.05) is 6.07 Å². The van der Waals surface area contributed by atoms with Gasteiger partial charge in [0.15, 0.2) is 10.9 Å². The van der Waals surface area contributed by atoms with Crippen molar-refractivity contribution in [1.82, 2.24) is 15.1 Å². The van der Waals surface area contributed by atoms with Gasteiger partial charge in [0, 0.05) is 22.8 Å². The smallest absolute Gasteiger partial charge is 0.173 e. The van der Waals surface area contributed by atoms with Gasteiger partial charge >= 0.3 is 0 Å². The van der Waals surface area contributed by atoms with Gasteiger partial charge in [0.2, 0.25) is 0 Å². The van der Waals surface area contributed by atoms with Crippen LogP contribution in [0.5, 0.6) is 0 Å². The van der Waals surface area contributed by atoms with Gasteiger partial charge in [-0.3, -0.25) is 4.68 Å². The third kappa shape index (κ3) is 4.74. The van der Waals surface area contributed by atoms with Gasteiger partial charge in [-0.05, 0) is 36.3 Å². The van der Waals surface area contributed by atoms with E-state index >= 15 is 0 Å². The maximum absolute atomic E-state index is 6.17. The lowest BCUT2D eigenvalue weighted by molar-refractivity contribution is 0.690. The molecule has 0 aliphatic rings. The lowest BCUT2D eigenvalue weighted by Crippen LogP contribution is -2.29. The molecular formula is C14H15Cl3N4S. The number of hydrogen-bond donors (Lipinski definition) is 2. The van der Waals surface area contributed by atoms with Gasteiger partial charge in [0.25, 0.3) is 0 Å². The van der Waals surface area contributed by atoms with Crippen LogP contribution in [-0.4, -0.2) is 21.4 Å². The highest BCUT2D eigenvalue weighted by molar-refractivity contribution is 7.80. The molecule has 2 N–H and O–H groups in total. The molecule has 4 nitrogen and oxygen atoms in total. The number of rotatable bonds is 5. The minimum Gasteiger partial charge on any atom is -0.362 e. The highest BCUT2D eigenvalue weighted by atomic mass is 35.5. The van der Waals surface area contributed by atoms with Gasteiger partial charge < -0.3 is 10.6 Å². The van der Waals surface area contributed by atoms with Crippen LogP contribution < -0.4 is 10.6 Å². The zero-order valence-electron chi connectivity index (χ0n) is 11.9. The topological polar surface area (TPSA) is 41.9 Å². The Morgan fingerprint density at radius 1 is 1.27 bits per heavy atom. The molecule has 22 heavy (non-hydrogen) atoms. The van der Waals surface area contributed by atoms with Crippen LogP contribution in [0.2, 0.25) is 15.1 Å². The summed E-state index contributed by atoms with van der Waals surface area (Å²) in [5.41, 5.74) is 0.906. The van der Waals surface area contributed by atoms with E-state index in [0.29, 0.717) is 32.5 Å². The second-order valence-corrected chi connectivity index (χ2v) is 6.30. The van der Waals surface area contributed by atoms with Crippen molar-refractivity contribution in [2.45, 2.75) is 19.9 Å². The van der Waals surface area contributed by atoms with E-state index in [4.69, 9.17) is 47.0 Å². The van der Waals surface area contributed by atoms with E-state index in [1.54, 1.807) is 23.0 Å². The number of benzene rings is 1. The largest absolute Gasteiger partial charge is 0.362 e. The zero-order valence-corrected chi connectivity index (χ0v) is 15.0. The number of nitrogens with zero attached hydrogens (tertiary/aromatic N) is 2. The fraction of sp³-hybridized carbons (Fsp3) is 0.286. The number of halogens is 3. The monoisotopic (exact) mass is 376 g/mol. The van der Waals surface area contributed by atoms with Crippen LogP contribution in [0.3, 0.4) is 0 Å². The molecule has 0 aliphatic carbocycles. The van der Waals surface area contributed by atoms with Gasteiger partial charge in [0.1, 0.15) is 5.02 Å². The minimum absolute atomic E-state index is 0.491. The number of thiocarbonyl (C=S) groups is 1. The summed E-state index contributed by atoms with van der Waals surface area (Å²) >= 11 is 23.4. The Bertz CT molecular complexity index is 672. The molecule has 0 bridgehead atoms. The zero-order chi connectivity index (χ0) is 16.1. The fourth-order valence-corrected chi connectivity index (χ4v) is 2.64. The van der Waals surface area contributed by atoms with Gasteiger partial charge in [-0.1, -0.05) is 47.8 Å². The lowest BCUT2D eigenvalue weighted by atomic mass is 10.2. The molecule has 1 heterocycles. The molecule has 0 radical (unpaired) electrons.